The SMILES string of the molecule is CCNC(=NCc1ccnn1C)NCC(O)c1cc(OC)ccc1OC. The Kier molecular flexibility index (Phi) is 7.28. The standard InChI is InChI=1S/C18H27N5O3/c1-5-19-18(20-11-13-8-9-22-23(13)2)21-12-16(24)15-10-14(25-3)6-7-17(15)26-4/h6-10,16,24H,5,11-12H2,1-4H3,(H2,19,20,21). The van der Waals surface area contributed by atoms with Crippen LogP contribution < -0.4 is 20.1 Å². The molecule has 0 bridgehead atoms. The van der Waals surface area contributed by atoms with Gasteiger partial charge in [0.25, 0.3) is 0 Å². The normalized spacial score (nSPS) is 12.6. The maximum Gasteiger partial charge on any atom is 0.191 e. The molecule has 1 heterocycles. The average Bonchev–Trinajstić information content (AvgIpc) is 3.08. The molecule has 8 heteroatoms. The summed E-state index contributed by atoms with van der Waals surface area (Å²) in [7, 11) is 5.04. The van der Waals surface area contributed by atoms with E-state index in [0.717, 1.165) is 12.2 Å². The van der Waals surface area contributed by atoms with E-state index in [1.54, 1.807) is 43.3 Å². The molecule has 1 aromatic heterocycles. The Bertz CT molecular complexity index is 729. The van der Waals surface area contributed by atoms with Crippen LogP contribution in [0.3, 0.4) is 0 Å². The average molecular weight is 361 g/mol. The van der Waals surface area contributed by atoms with E-state index in [9.17, 15) is 5.11 Å². The molecular formula is C18H27N5O3. The minimum absolute atomic E-state index is 0.279. The summed E-state index contributed by atoms with van der Waals surface area (Å²) in [5.74, 6) is 1.89. The van der Waals surface area contributed by atoms with Crippen molar-refractivity contribution in [2.24, 2.45) is 12.0 Å². The van der Waals surface area contributed by atoms with Crippen LogP contribution in [0, 0.1) is 0 Å². The smallest absolute Gasteiger partial charge is 0.191 e. The Morgan fingerprint density at radius 3 is 2.69 bits per heavy atom. The van der Waals surface area contributed by atoms with Crippen LogP contribution in [0.4, 0.5) is 0 Å². The van der Waals surface area contributed by atoms with Crippen molar-refractivity contribution in [3.05, 3.63) is 41.7 Å². The zero-order valence-corrected chi connectivity index (χ0v) is 15.7. The van der Waals surface area contributed by atoms with Gasteiger partial charge in [-0.05, 0) is 31.2 Å². The van der Waals surface area contributed by atoms with Gasteiger partial charge >= 0.3 is 0 Å². The summed E-state index contributed by atoms with van der Waals surface area (Å²) in [6, 6.07) is 7.26. The van der Waals surface area contributed by atoms with Crippen LogP contribution in [-0.2, 0) is 13.6 Å². The van der Waals surface area contributed by atoms with Gasteiger partial charge in [-0.15, -0.1) is 0 Å². The fraction of sp³-hybridized carbons (Fsp3) is 0.444. The van der Waals surface area contributed by atoms with E-state index < -0.39 is 6.10 Å². The van der Waals surface area contributed by atoms with E-state index in [1.807, 2.05) is 20.0 Å². The Balaban J connectivity index is 2.05. The molecule has 8 nitrogen and oxygen atoms in total. The largest absolute Gasteiger partial charge is 0.497 e. The van der Waals surface area contributed by atoms with Crippen LogP contribution in [0.1, 0.15) is 24.3 Å². The predicted molar refractivity (Wildman–Crippen MR) is 101 cm³/mol. The minimum Gasteiger partial charge on any atom is -0.497 e. The second-order valence-electron chi connectivity index (χ2n) is 5.65. The number of ether oxygens (including phenoxy) is 2. The molecule has 0 radical (unpaired) electrons. The summed E-state index contributed by atoms with van der Waals surface area (Å²) >= 11 is 0. The first-order chi connectivity index (χ1) is 12.6. The summed E-state index contributed by atoms with van der Waals surface area (Å²) in [6.07, 6.45) is 0.963. The van der Waals surface area contributed by atoms with E-state index in [1.165, 1.54) is 0 Å². The lowest BCUT2D eigenvalue weighted by Crippen LogP contribution is -2.39. The number of hydrogen-bond donors (Lipinski definition) is 3. The number of aromatic nitrogens is 2. The molecule has 0 amide bonds. The van der Waals surface area contributed by atoms with Crippen molar-refractivity contribution in [3.63, 3.8) is 0 Å². The molecule has 142 valence electrons. The number of nitrogens with one attached hydrogen (secondary N) is 2. The van der Waals surface area contributed by atoms with Crippen molar-refractivity contribution >= 4 is 5.96 Å². The Morgan fingerprint density at radius 1 is 1.27 bits per heavy atom. The van der Waals surface area contributed by atoms with Crippen LogP contribution in [0.15, 0.2) is 35.5 Å². The fourth-order valence-electron chi connectivity index (χ4n) is 2.46. The predicted octanol–water partition coefficient (Wildman–Crippen LogP) is 1.23. The molecule has 2 aromatic rings. The van der Waals surface area contributed by atoms with E-state index in [2.05, 4.69) is 20.7 Å². The van der Waals surface area contributed by atoms with Gasteiger partial charge in [0, 0.05) is 31.9 Å². The van der Waals surface area contributed by atoms with E-state index in [0.29, 0.717) is 29.6 Å². The zero-order chi connectivity index (χ0) is 18.9. The summed E-state index contributed by atoms with van der Waals surface area (Å²) < 4.78 is 12.3. The van der Waals surface area contributed by atoms with Crippen molar-refractivity contribution in [2.45, 2.75) is 19.6 Å². The van der Waals surface area contributed by atoms with E-state index >= 15 is 0 Å². The van der Waals surface area contributed by atoms with Crippen molar-refractivity contribution in [3.8, 4) is 11.5 Å². The van der Waals surface area contributed by atoms with Gasteiger partial charge in [-0.1, -0.05) is 0 Å². The lowest BCUT2D eigenvalue weighted by Gasteiger charge is -2.18. The molecule has 26 heavy (non-hydrogen) atoms. The van der Waals surface area contributed by atoms with Gasteiger partial charge in [0.05, 0.1) is 32.6 Å². The molecule has 0 aliphatic carbocycles. The Hall–Kier alpha value is -2.74. The molecule has 0 fully saturated rings. The van der Waals surface area contributed by atoms with Crippen LogP contribution in [0.25, 0.3) is 0 Å². The molecular weight excluding hydrogens is 334 g/mol. The number of benzene rings is 1. The number of guanidine groups is 1. The Labute approximate surface area is 153 Å². The summed E-state index contributed by atoms with van der Waals surface area (Å²) in [5, 5.41) is 21.0. The zero-order valence-electron chi connectivity index (χ0n) is 15.7. The molecule has 1 unspecified atom stereocenters. The van der Waals surface area contributed by atoms with E-state index in [-0.39, 0.29) is 6.54 Å². The maximum absolute atomic E-state index is 10.6. The number of methoxy groups -OCH3 is 2. The first-order valence-corrected chi connectivity index (χ1v) is 8.48. The highest BCUT2D eigenvalue weighted by Gasteiger charge is 2.15. The number of aliphatic hydroxyl groups is 1. The number of rotatable bonds is 8. The van der Waals surface area contributed by atoms with Gasteiger partial charge in [-0.2, -0.15) is 5.10 Å². The summed E-state index contributed by atoms with van der Waals surface area (Å²) in [4.78, 5) is 4.53. The second kappa shape index (κ2) is 9.67. The highest BCUT2D eigenvalue weighted by molar-refractivity contribution is 5.79. The highest BCUT2D eigenvalue weighted by atomic mass is 16.5. The molecule has 1 aromatic carbocycles. The molecule has 3 N–H and O–H groups in total. The van der Waals surface area contributed by atoms with Crippen molar-refractivity contribution < 1.29 is 14.6 Å². The van der Waals surface area contributed by atoms with Gasteiger partial charge < -0.3 is 25.2 Å². The molecule has 1 atom stereocenters. The van der Waals surface area contributed by atoms with Crippen molar-refractivity contribution in [1.82, 2.24) is 20.4 Å². The van der Waals surface area contributed by atoms with Gasteiger partial charge in [-0.25, -0.2) is 4.99 Å². The lowest BCUT2D eigenvalue weighted by atomic mass is 10.1. The lowest BCUT2D eigenvalue weighted by molar-refractivity contribution is 0.176. The Morgan fingerprint density at radius 2 is 2.08 bits per heavy atom. The van der Waals surface area contributed by atoms with Crippen LogP contribution >= 0.6 is 0 Å². The number of nitrogens with zero attached hydrogens (tertiary/aromatic N) is 3. The maximum atomic E-state index is 10.6. The van der Waals surface area contributed by atoms with Gasteiger partial charge in [-0.3, -0.25) is 4.68 Å². The van der Waals surface area contributed by atoms with Crippen molar-refractivity contribution in [1.29, 1.82) is 0 Å². The monoisotopic (exact) mass is 361 g/mol. The third-order valence-electron chi connectivity index (χ3n) is 3.92. The molecule has 0 spiro atoms. The topological polar surface area (TPSA) is 92.9 Å². The second-order valence-corrected chi connectivity index (χ2v) is 5.65. The van der Waals surface area contributed by atoms with Crippen molar-refractivity contribution in [2.75, 3.05) is 27.3 Å². The molecule has 0 saturated carbocycles. The van der Waals surface area contributed by atoms with E-state index in [4.69, 9.17) is 9.47 Å². The van der Waals surface area contributed by atoms with Gasteiger partial charge in [0.2, 0.25) is 0 Å². The molecule has 0 aliphatic rings. The molecule has 0 saturated heterocycles. The number of aryl methyl sites for hydroxylation is 1. The third-order valence-corrected chi connectivity index (χ3v) is 3.92. The minimum atomic E-state index is -0.777. The molecule has 2 rings (SSSR count). The fourth-order valence-corrected chi connectivity index (χ4v) is 2.46. The number of aliphatic imine (C=N–C) groups is 1. The third kappa shape index (κ3) is 5.13. The number of aliphatic hydroxyl groups excluding tert-OH is 1. The number of hydrogen-bond acceptors (Lipinski definition) is 5. The van der Waals surface area contributed by atoms with Crippen LogP contribution in [0.5, 0.6) is 11.5 Å². The van der Waals surface area contributed by atoms with Gasteiger partial charge in [0.1, 0.15) is 11.5 Å². The van der Waals surface area contributed by atoms with Crippen LogP contribution in [-0.4, -0.2) is 48.2 Å². The first kappa shape index (κ1) is 19.6. The summed E-state index contributed by atoms with van der Waals surface area (Å²) in [6.45, 7) is 3.48. The van der Waals surface area contributed by atoms with Gasteiger partial charge in [0.15, 0.2) is 5.96 Å². The highest BCUT2D eigenvalue weighted by Crippen LogP contribution is 2.29. The first-order valence-electron chi connectivity index (χ1n) is 8.48. The van der Waals surface area contributed by atoms with Crippen LogP contribution in [0.2, 0.25) is 0 Å². The molecule has 0 aliphatic heterocycles. The summed E-state index contributed by atoms with van der Waals surface area (Å²) in [5.41, 5.74) is 1.65. The quantitative estimate of drug-likeness (QED) is 0.484.